The highest BCUT2D eigenvalue weighted by molar-refractivity contribution is 6.32. The molecule has 0 spiro atoms. The van der Waals surface area contributed by atoms with E-state index < -0.39 is 5.60 Å². The van der Waals surface area contributed by atoms with Gasteiger partial charge in [-0.05, 0) is 66.0 Å². The van der Waals surface area contributed by atoms with Crippen LogP contribution in [0.2, 0.25) is 5.02 Å². The van der Waals surface area contributed by atoms with Gasteiger partial charge in [0.1, 0.15) is 23.5 Å². The van der Waals surface area contributed by atoms with E-state index >= 15 is 0 Å². The number of fused-ring (bicyclic) bond motifs is 1. The molecule has 0 aliphatic carbocycles. The number of methoxy groups -OCH3 is 1. The zero-order valence-electron chi connectivity index (χ0n) is 24.6. The Bertz CT molecular complexity index is 1600. The van der Waals surface area contributed by atoms with Gasteiger partial charge in [-0.2, -0.15) is 10.2 Å². The van der Waals surface area contributed by atoms with Crippen LogP contribution in [0.5, 0.6) is 5.75 Å². The van der Waals surface area contributed by atoms with Crippen LogP contribution >= 0.6 is 11.6 Å². The lowest BCUT2D eigenvalue weighted by Gasteiger charge is -2.33. The van der Waals surface area contributed by atoms with Gasteiger partial charge in [-0.3, -0.25) is 4.68 Å². The minimum absolute atomic E-state index is 0.162. The highest BCUT2D eigenvalue weighted by Crippen LogP contribution is 2.43. The second-order valence-electron chi connectivity index (χ2n) is 11.6. The highest BCUT2D eigenvalue weighted by Gasteiger charge is 2.29. The van der Waals surface area contributed by atoms with Crippen LogP contribution in [0.3, 0.4) is 0 Å². The van der Waals surface area contributed by atoms with E-state index in [9.17, 15) is 4.79 Å². The van der Waals surface area contributed by atoms with Crippen molar-refractivity contribution >= 4 is 34.5 Å². The molecule has 1 amide bonds. The summed E-state index contributed by atoms with van der Waals surface area (Å²) in [5.41, 5.74) is 10.6. The molecule has 1 aliphatic rings. The zero-order valence-corrected chi connectivity index (χ0v) is 25.4. The van der Waals surface area contributed by atoms with Crippen LogP contribution in [0.15, 0.2) is 24.8 Å². The van der Waals surface area contributed by atoms with Crippen molar-refractivity contribution in [1.29, 1.82) is 0 Å². The summed E-state index contributed by atoms with van der Waals surface area (Å²) in [5, 5.41) is 10.8. The SMILES string of the molecule is COc1c(C(C)n2nc(C)c3c(N)ncnc32)cc(Cl)c(C)c1-c1cnn(C2CCN(C(=O)OC(C)(C)C)CC2)c1. The van der Waals surface area contributed by atoms with Gasteiger partial charge in [0.2, 0.25) is 0 Å². The number of aryl methyl sites for hydroxylation is 1. The molecule has 1 unspecified atom stereocenters. The van der Waals surface area contributed by atoms with E-state index in [1.54, 1.807) is 12.0 Å². The lowest BCUT2D eigenvalue weighted by molar-refractivity contribution is 0.0185. The van der Waals surface area contributed by atoms with Gasteiger partial charge >= 0.3 is 6.09 Å². The zero-order chi connectivity index (χ0) is 29.6. The quantitative estimate of drug-likeness (QED) is 0.317. The molecule has 1 aromatic carbocycles. The predicted molar refractivity (Wildman–Crippen MR) is 158 cm³/mol. The van der Waals surface area contributed by atoms with Crippen LogP contribution in [-0.2, 0) is 4.74 Å². The molecule has 3 aromatic heterocycles. The van der Waals surface area contributed by atoms with Crippen LogP contribution < -0.4 is 10.5 Å². The third-order valence-corrected chi connectivity index (χ3v) is 7.99. The molecule has 0 saturated carbocycles. The minimum atomic E-state index is -0.514. The molecule has 41 heavy (non-hydrogen) atoms. The second kappa shape index (κ2) is 10.8. The molecular formula is C29H37ClN8O3. The Morgan fingerprint density at radius 3 is 2.56 bits per heavy atom. The standard InChI is InChI=1S/C29H37ClN8O3/c1-16-22(30)12-21(18(3)38-27-24(17(2)35-38)26(31)32-15-33-27)25(40-7)23(16)19-13-34-37(14-19)20-8-10-36(11-9-20)28(39)41-29(4,5)6/h12-15,18,20H,8-11H2,1-7H3,(H2,31,32,33). The second-order valence-corrected chi connectivity index (χ2v) is 12.0. The number of amides is 1. The van der Waals surface area contributed by atoms with Crippen molar-refractivity contribution in [3.8, 4) is 16.9 Å². The number of ether oxygens (including phenoxy) is 2. The first kappa shape index (κ1) is 28.7. The Labute approximate surface area is 244 Å². The van der Waals surface area contributed by atoms with Crippen molar-refractivity contribution in [2.45, 2.75) is 72.1 Å². The van der Waals surface area contributed by atoms with Crippen LogP contribution in [0.4, 0.5) is 10.6 Å². The molecule has 4 heterocycles. The van der Waals surface area contributed by atoms with Crippen molar-refractivity contribution in [3.05, 3.63) is 46.6 Å². The molecule has 0 radical (unpaired) electrons. The van der Waals surface area contributed by atoms with E-state index in [4.69, 9.17) is 37.0 Å². The Kier molecular flexibility index (Phi) is 7.58. The van der Waals surface area contributed by atoms with E-state index in [0.717, 1.165) is 46.2 Å². The number of nitrogen functional groups attached to an aromatic ring is 1. The summed E-state index contributed by atoms with van der Waals surface area (Å²) < 4.78 is 15.4. The number of anilines is 1. The van der Waals surface area contributed by atoms with Crippen molar-refractivity contribution in [2.75, 3.05) is 25.9 Å². The number of benzene rings is 1. The predicted octanol–water partition coefficient (Wildman–Crippen LogP) is 5.73. The average molecular weight is 581 g/mol. The summed E-state index contributed by atoms with van der Waals surface area (Å²) in [5.74, 6) is 1.09. The van der Waals surface area contributed by atoms with Crippen molar-refractivity contribution in [1.82, 2.24) is 34.4 Å². The van der Waals surface area contributed by atoms with E-state index in [1.807, 2.05) is 69.4 Å². The fourth-order valence-corrected chi connectivity index (χ4v) is 5.71. The normalized spacial score (nSPS) is 15.4. The Balaban J connectivity index is 1.45. The van der Waals surface area contributed by atoms with Crippen LogP contribution in [0, 0.1) is 13.8 Å². The maximum absolute atomic E-state index is 12.5. The molecule has 4 aromatic rings. The monoisotopic (exact) mass is 580 g/mol. The molecule has 0 bridgehead atoms. The fraction of sp³-hybridized carbons (Fsp3) is 0.483. The third kappa shape index (κ3) is 5.42. The van der Waals surface area contributed by atoms with Crippen LogP contribution in [0.1, 0.15) is 69.4 Å². The van der Waals surface area contributed by atoms with Gasteiger partial charge in [0.15, 0.2) is 5.65 Å². The number of aromatic nitrogens is 6. The number of nitrogens with zero attached hydrogens (tertiary/aromatic N) is 7. The topological polar surface area (TPSA) is 126 Å². The van der Waals surface area contributed by atoms with Gasteiger partial charge < -0.3 is 20.1 Å². The summed E-state index contributed by atoms with van der Waals surface area (Å²) >= 11 is 6.82. The van der Waals surface area contributed by atoms with Crippen molar-refractivity contribution in [3.63, 3.8) is 0 Å². The summed E-state index contributed by atoms with van der Waals surface area (Å²) in [7, 11) is 1.66. The number of piperidine rings is 1. The molecule has 218 valence electrons. The molecule has 11 nitrogen and oxygen atoms in total. The third-order valence-electron chi connectivity index (χ3n) is 7.60. The summed E-state index contributed by atoms with van der Waals surface area (Å²) in [4.78, 5) is 22.9. The maximum atomic E-state index is 12.5. The maximum Gasteiger partial charge on any atom is 0.410 e. The number of rotatable bonds is 5. The van der Waals surface area contributed by atoms with E-state index in [0.29, 0.717) is 35.3 Å². The molecule has 1 saturated heterocycles. The first-order valence-corrected chi connectivity index (χ1v) is 14.1. The fourth-order valence-electron chi connectivity index (χ4n) is 5.50. The summed E-state index contributed by atoms with van der Waals surface area (Å²) in [6.45, 7) is 12.8. The molecule has 1 aliphatic heterocycles. The smallest absolute Gasteiger partial charge is 0.410 e. The lowest BCUT2D eigenvalue weighted by Crippen LogP contribution is -2.42. The Hall–Kier alpha value is -3.86. The summed E-state index contributed by atoms with van der Waals surface area (Å²) in [6, 6.07) is 1.82. The number of halogens is 1. The number of nitrogens with two attached hydrogens (primary N) is 1. The van der Waals surface area contributed by atoms with Crippen LogP contribution in [-0.4, -0.2) is 66.3 Å². The summed E-state index contributed by atoms with van der Waals surface area (Å²) in [6.07, 6.45) is 6.62. The molecule has 12 heteroatoms. The van der Waals surface area contributed by atoms with Gasteiger partial charge in [-0.15, -0.1) is 0 Å². The molecule has 1 fully saturated rings. The van der Waals surface area contributed by atoms with Gasteiger partial charge in [-0.25, -0.2) is 19.4 Å². The van der Waals surface area contributed by atoms with Crippen LogP contribution in [0.25, 0.3) is 22.2 Å². The number of carbonyl (C=O) groups is 1. The highest BCUT2D eigenvalue weighted by atomic mass is 35.5. The molecule has 2 N–H and O–H groups in total. The minimum Gasteiger partial charge on any atom is -0.496 e. The largest absolute Gasteiger partial charge is 0.496 e. The average Bonchev–Trinajstić information content (AvgIpc) is 3.54. The first-order valence-electron chi connectivity index (χ1n) is 13.7. The van der Waals surface area contributed by atoms with Gasteiger partial charge in [-0.1, -0.05) is 11.6 Å². The van der Waals surface area contributed by atoms with Crippen molar-refractivity contribution in [2.24, 2.45) is 0 Å². The van der Waals surface area contributed by atoms with E-state index in [1.165, 1.54) is 6.33 Å². The molecule has 5 rings (SSSR count). The first-order chi connectivity index (χ1) is 19.4. The number of carbonyl (C=O) groups excluding carboxylic acids is 1. The van der Waals surface area contributed by atoms with E-state index in [2.05, 4.69) is 9.97 Å². The van der Waals surface area contributed by atoms with Gasteiger partial charge in [0.25, 0.3) is 0 Å². The van der Waals surface area contributed by atoms with Gasteiger partial charge in [0, 0.05) is 41.0 Å². The number of likely N-dealkylation sites (tertiary alicyclic amines) is 1. The number of hydrogen-bond donors (Lipinski definition) is 1. The number of hydrogen-bond acceptors (Lipinski definition) is 8. The Morgan fingerprint density at radius 1 is 1.20 bits per heavy atom. The molecular weight excluding hydrogens is 544 g/mol. The van der Waals surface area contributed by atoms with Crippen molar-refractivity contribution < 1.29 is 14.3 Å². The Morgan fingerprint density at radius 2 is 1.90 bits per heavy atom. The van der Waals surface area contributed by atoms with Gasteiger partial charge in [0.05, 0.1) is 36.5 Å². The lowest BCUT2D eigenvalue weighted by atomic mass is 9.95. The molecule has 1 atom stereocenters. The van der Waals surface area contributed by atoms with E-state index in [-0.39, 0.29) is 18.2 Å².